The van der Waals surface area contributed by atoms with E-state index in [1.54, 1.807) is 12.1 Å². The summed E-state index contributed by atoms with van der Waals surface area (Å²) in [7, 11) is 0. The fraction of sp³-hybridized carbons (Fsp3) is 0.345. The third-order valence-corrected chi connectivity index (χ3v) is 7.72. The SMILES string of the molecule is O=c1n(Cc2ccc(-c3nnc(C(F)F)o3)cn2)c2cc(F)c(-c3cccnc3)cc2n1C1CCN(CC(F)(F)C(F)F)CC1. The number of imidazole rings is 1. The number of aromatic nitrogens is 6. The average molecular weight is 636 g/mol. The zero-order chi connectivity index (χ0) is 31.9. The summed E-state index contributed by atoms with van der Waals surface area (Å²) in [5, 5.41) is 6.87. The summed E-state index contributed by atoms with van der Waals surface area (Å²) in [4.78, 5) is 23.5. The lowest BCUT2D eigenvalue weighted by Crippen LogP contribution is -2.46. The lowest BCUT2D eigenvalue weighted by molar-refractivity contribution is -0.144. The van der Waals surface area contributed by atoms with Gasteiger partial charge in [-0.25, -0.2) is 18.0 Å². The second-order valence-electron chi connectivity index (χ2n) is 10.7. The highest BCUT2D eigenvalue weighted by Crippen LogP contribution is 2.33. The average Bonchev–Trinajstić information content (AvgIpc) is 3.62. The molecule has 1 aliphatic heterocycles. The molecule has 0 radical (unpaired) electrons. The van der Waals surface area contributed by atoms with Gasteiger partial charge in [-0.2, -0.15) is 17.6 Å². The molecule has 16 heteroatoms. The third-order valence-electron chi connectivity index (χ3n) is 7.72. The van der Waals surface area contributed by atoms with Crippen LogP contribution in [0.5, 0.6) is 0 Å². The number of rotatable bonds is 9. The van der Waals surface area contributed by atoms with Crippen LogP contribution in [0, 0.1) is 5.82 Å². The van der Waals surface area contributed by atoms with Crippen molar-refractivity contribution in [1.82, 2.24) is 34.2 Å². The fourth-order valence-corrected chi connectivity index (χ4v) is 5.49. The van der Waals surface area contributed by atoms with Gasteiger partial charge in [0.25, 0.3) is 5.89 Å². The Bertz CT molecular complexity index is 1850. The standard InChI is InChI=1S/C29H24F7N7O2/c30-21-11-22-23(10-20(21)16-2-1-7-37-12-16)43(19-5-8-41(9-6-19)15-29(35,36)27(33)34)28(44)42(22)14-18-4-3-17(13-38-18)25-39-40-26(45-25)24(31)32/h1-4,7,10-13,19,24,27H,5-6,8-9,14-15H2. The second kappa shape index (κ2) is 12.1. The third kappa shape index (κ3) is 6.06. The number of pyridine rings is 2. The molecule has 4 aromatic heterocycles. The van der Waals surface area contributed by atoms with Crippen LogP contribution in [0.2, 0.25) is 0 Å². The molecule has 6 rings (SSSR count). The van der Waals surface area contributed by atoms with Gasteiger partial charge in [-0.05, 0) is 37.1 Å². The van der Waals surface area contributed by atoms with Crippen LogP contribution in [0.1, 0.15) is 36.9 Å². The molecule has 0 aliphatic carbocycles. The largest absolute Gasteiger partial charge is 0.415 e. The van der Waals surface area contributed by atoms with Gasteiger partial charge in [0.15, 0.2) is 0 Å². The zero-order valence-corrected chi connectivity index (χ0v) is 23.3. The molecule has 5 aromatic rings. The van der Waals surface area contributed by atoms with Crippen LogP contribution in [0.4, 0.5) is 30.7 Å². The predicted molar refractivity (Wildman–Crippen MR) is 147 cm³/mol. The van der Waals surface area contributed by atoms with E-state index in [9.17, 15) is 31.1 Å². The van der Waals surface area contributed by atoms with E-state index in [1.807, 2.05) is 0 Å². The van der Waals surface area contributed by atoms with Crippen molar-refractivity contribution < 1.29 is 35.2 Å². The van der Waals surface area contributed by atoms with Crippen molar-refractivity contribution >= 4 is 11.0 Å². The summed E-state index contributed by atoms with van der Waals surface area (Å²) in [6.45, 7) is -1.09. The molecule has 5 heterocycles. The van der Waals surface area contributed by atoms with Crippen molar-refractivity contribution in [3.8, 4) is 22.6 Å². The van der Waals surface area contributed by atoms with Crippen LogP contribution in [-0.4, -0.2) is 66.2 Å². The first-order valence-corrected chi connectivity index (χ1v) is 13.8. The maximum Gasteiger partial charge on any atom is 0.329 e. The molecule has 0 bridgehead atoms. The van der Waals surface area contributed by atoms with Crippen LogP contribution in [0.25, 0.3) is 33.6 Å². The van der Waals surface area contributed by atoms with Crippen LogP contribution in [0.15, 0.2) is 64.2 Å². The number of alkyl halides is 6. The van der Waals surface area contributed by atoms with Crippen molar-refractivity contribution in [2.75, 3.05) is 19.6 Å². The Labute approximate surface area is 249 Å². The molecule has 0 N–H and O–H groups in total. The van der Waals surface area contributed by atoms with E-state index in [2.05, 4.69) is 20.2 Å². The Morgan fingerprint density at radius 2 is 1.76 bits per heavy atom. The summed E-state index contributed by atoms with van der Waals surface area (Å²) in [6.07, 6.45) is -1.97. The highest BCUT2D eigenvalue weighted by atomic mass is 19.3. The molecular formula is C29H24F7N7O2. The molecule has 0 atom stereocenters. The first kappa shape index (κ1) is 30.4. The van der Waals surface area contributed by atoms with Gasteiger partial charge in [-0.3, -0.25) is 24.0 Å². The van der Waals surface area contributed by atoms with Crippen molar-refractivity contribution in [3.05, 3.63) is 82.9 Å². The summed E-state index contributed by atoms with van der Waals surface area (Å²) < 4.78 is 102. The highest BCUT2D eigenvalue weighted by molar-refractivity contribution is 5.83. The van der Waals surface area contributed by atoms with E-state index < -0.39 is 48.8 Å². The number of piperidine rings is 1. The quantitative estimate of drug-likeness (QED) is 0.184. The van der Waals surface area contributed by atoms with Crippen molar-refractivity contribution in [1.29, 1.82) is 0 Å². The summed E-state index contributed by atoms with van der Waals surface area (Å²) in [6, 6.07) is 8.61. The lowest BCUT2D eigenvalue weighted by atomic mass is 10.0. The normalized spacial score (nSPS) is 15.1. The van der Waals surface area contributed by atoms with Crippen LogP contribution < -0.4 is 5.69 Å². The minimum absolute atomic E-state index is 0.0503. The van der Waals surface area contributed by atoms with Crippen molar-refractivity contribution in [3.63, 3.8) is 0 Å². The van der Waals surface area contributed by atoms with Crippen molar-refractivity contribution in [2.24, 2.45) is 0 Å². The van der Waals surface area contributed by atoms with E-state index in [4.69, 9.17) is 4.42 Å². The number of benzene rings is 1. The highest BCUT2D eigenvalue weighted by Gasteiger charge is 2.43. The molecule has 1 fully saturated rings. The molecule has 1 aliphatic rings. The second-order valence-corrected chi connectivity index (χ2v) is 10.7. The fourth-order valence-electron chi connectivity index (χ4n) is 5.49. The van der Waals surface area contributed by atoms with Gasteiger partial charge < -0.3 is 4.42 Å². The molecule has 0 amide bonds. The number of halogens is 7. The summed E-state index contributed by atoms with van der Waals surface area (Å²) in [5.41, 5.74) is 1.44. The summed E-state index contributed by atoms with van der Waals surface area (Å²) in [5.74, 6) is -5.77. The predicted octanol–water partition coefficient (Wildman–Crippen LogP) is 5.97. The van der Waals surface area contributed by atoms with E-state index >= 15 is 4.39 Å². The Balaban J connectivity index is 1.35. The number of likely N-dealkylation sites (tertiary alicyclic amines) is 1. The first-order chi connectivity index (χ1) is 21.5. The minimum atomic E-state index is -4.16. The lowest BCUT2D eigenvalue weighted by Gasteiger charge is -2.34. The Morgan fingerprint density at radius 1 is 0.978 bits per heavy atom. The van der Waals surface area contributed by atoms with Gasteiger partial charge in [0, 0.05) is 54.9 Å². The van der Waals surface area contributed by atoms with E-state index in [0.29, 0.717) is 16.8 Å². The molecule has 1 aromatic carbocycles. The van der Waals surface area contributed by atoms with Gasteiger partial charge in [0.05, 0.1) is 35.4 Å². The minimum Gasteiger partial charge on any atom is -0.415 e. The topological polar surface area (TPSA) is 94.9 Å². The summed E-state index contributed by atoms with van der Waals surface area (Å²) >= 11 is 0. The van der Waals surface area contributed by atoms with Gasteiger partial charge in [-0.15, -0.1) is 10.2 Å². The molecule has 0 unspecified atom stereocenters. The first-order valence-electron chi connectivity index (χ1n) is 13.8. The maximum atomic E-state index is 15.5. The van der Waals surface area contributed by atoms with Crippen molar-refractivity contribution in [2.45, 2.75) is 44.2 Å². The van der Waals surface area contributed by atoms with E-state index in [-0.39, 0.29) is 55.0 Å². The molecule has 1 saturated heterocycles. The van der Waals surface area contributed by atoms with E-state index in [1.165, 1.54) is 56.9 Å². The molecule has 45 heavy (non-hydrogen) atoms. The van der Waals surface area contributed by atoms with Gasteiger partial charge in [0.1, 0.15) is 5.82 Å². The zero-order valence-electron chi connectivity index (χ0n) is 23.3. The van der Waals surface area contributed by atoms with Crippen LogP contribution >= 0.6 is 0 Å². The number of hydrogen-bond donors (Lipinski definition) is 0. The molecule has 0 saturated carbocycles. The molecule has 236 valence electrons. The molecule has 0 spiro atoms. The van der Waals surface area contributed by atoms with Gasteiger partial charge in [-0.1, -0.05) is 6.07 Å². The Hall–Kier alpha value is -4.60. The van der Waals surface area contributed by atoms with Gasteiger partial charge in [0.2, 0.25) is 5.89 Å². The Kier molecular flexibility index (Phi) is 8.16. The van der Waals surface area contributed by atoms with E-state index in [0.717, 1.165) is 0 Å². The van der Waals surface area contributed by atoms with Crippen LogP contribution in [0.3, 0.4) is 0 Å². The number of nitrogens with zero attached hydrogens (tertiary/aromatic N) is 7. The molecular weight excluding hydrogens is 611 g/mol. The monoisotopic (exact) mass is 635 g/mol. The number of hydrogen-bond acceptors (Lipinski definition) is 7. The maximum absolute atomic E-state index is 15.5. The molecule has 9 nitrogen and oxygen atoms in total. The van der Waals surface area contributed by atoms with Crippen LogP contribution in [-0.2, 0) is 6.54 Å². The smallest absolute Gasteiger partial charge is 0.329 e. The number of fused-ring (bicyclic) bond motifs is 1. The Morgan fingerprint density at radius 3 is 2.38 bits per heavy atom. The van der Waals surface area contributed by atoms with Gasteiger partial charge >= 0.3 is 24.5 Å².